The Labute approximate surface area is 136 Å². The molecule has 1 N–H and O–H groups in total. The van der Waals surface area contributed by atoms with Gasteiger partial charge >= 0.3 is 0 Å². The van der Waals surface area contributed by atoms with E-state index in [-0.39, 0.29) is 5.91 Å². The lowest BCUT2D eigenvalue weighted by Gasteiger charge is -2.16. The number of likely N-dealkylation sites (N-methyl/N-ethyl adjacent to an activating group) is 1. The summed E-state index contributed by atoms with van der Waals surface area (Å²) < 4.78 is 0. The van der Waals surface area contributed by atoms with E-state index in [1.807, 2.05) is 31.3 Å². The first kappa shape index (κ1) is 16.5. The average molecular weight is 318 g/mol. The second kappa shape index (κ2) is 8.51. The van der Waals surface area contributed by atoms with Gasteiger partial charge in [0.05, 0.1) is 0 Å². The third kappa shape index (κ3) is 5.84. The Bertz CT molecular complexity index is 604. The molecule has 2 rings (SSSR count). The van der Waals surface area contributed by atoms with Gasteiger partial charge in [-0.15, -0.1) is 0 Å². The summed E-state index contributed by atoms with van der Waals surface area (Å²) in [6.45, 7) is 1.63. The van der Waals surface area contributed by atoms with Crippen LogP contribution in [0.2, 0.25) is 5.02 Å². The van der Waals surface area contributed by atoms with E-state index in [1.165, 1.54) is 5.56 Å². The number of hydrogen-bond acceptors (Lipinski definition) is 3. The van der Waals surface area contributed by atoms with E-state index in [2.05, 4.69) is 15.2 Å². The Morgan fingerprint density at radius 2 is 2.00 bits per heavy atom. The molecule has 116 valence electrons. The van der Waals surface area contributed by atoms with Gasteiger partial charge in [-0.2, -0.15) is 0 Å². The maximum atomic E-state index is 11.9. The molecule has 5 heteroatoms. The molecule has 0 aliphatic carbocycles. The molecule has 0 saturated heterocycles. The number of anilines is 1. The summed E-state index contributed by atoms with van der Waals surface area (Å²) in [6.07, 6.45) is 5.01. The Kier molecular flexibility index (Phi) is 6.37. The standard InChI is InChI=1S/C17H20ClN3O/c1-21(11-7-14-5-9-19-10-6-14)12-8-17(22)20-16-4-2-3-15(18)13-16/h2-6,9-10,13H,7-8,11-12H2,1H3,(H,20,22). The molecular weight excluding hydrogens is 298 g/mol. The number of benzene rings is 1. The number of nitrogens with one attached hydrogen (secondary N) is 1. The first-order valence-corrected chi connectivity index (χ1v) is 7.64. The summed E-state index contributed by atoms with van der Waals surface area (Å²) in [5.41, 5.74) is 1.99. The van der Waals surface area contributed by atoms with Gasteiger partial charge in [-0.25, -0.2) is 0 Å². The van der Waals surface area contributed by atoms with E-state index in [0.717, 1.165) is 25.2 Å². The topological polar surface area (TPSA) is 45.2 Å². The fraction of sp³-hybridized carbons (Fsp3) is 0.294. The van der Waals surface area contributed by atoms with Crippen molar-refractivity contribution in [2.45, 2.75) is 12.8 Å². The van der Waals surface area contributed by atoms with Crippen LogP contribution in [-0.4, -0.2) is 35.9 Å². The number of nitrogens with zero attached hydrogens (tertiary/aromatic N) is 2. The molecule has 1 aromatic carbocycles. The van der Waals surface area contributed by atoms with E-state index in [9.17, 15) is 4.79 Å². The van der Waals surface area contributed by atoms with Crippen LogP contribution < -0.4 is 5.32 Å². The van der Waals surface area contributed by atoms with Crippen LogP contribution in [0.3, 0.4) is 0 Å². The molecule has 1 amide bonds. The molecular formula is C17H20ClN3O. The van der Waals surface area contributed by atoms with Crippen LogP contribution in [0.15, 0.2) is 48.8 Å². The molecule has 2 aromatic rings. The number of pyridine rings is 1. The van der Waals surface area contributed by atoms with Gasteiger partial charge in [0.25, 0.3) is 0 Å². The molecule has 22 heavy (non-hydrogen) atoms. The van der Waals surface area contributed by atoms with Crippen molar-refractivity contribution in [1.29, 1.82) is 0 Å². The van der Waals surface area contributed by atoms with Gasteiger partial charge in [0, 0.05) is 42.6 Å². The Morgan fingerprint density at radius 1 is 1.23 bits per heavy atom. The number of aromatic nitrogens is 1. The zero-order chi connectivity index (χ0) is 15.8. The van der Waals surface area contributed by atoms with Gasteiger partial charge in [0.1, 0.15) is 0 Å². The highest BCUT2D eigenvalue weighted by Crippen LogP contribution is 2.15. The number of carbonyl (C=O) groups is 1. The van der Waals surface area contributed by atoms with E-state index < -0.39 is 0 Å². The van der Waals surface area contributed by atoms with Crippen molar-refractivity contribution in [1.82, 2.24) is 9.88 Å². The quantitative estimate of drug-likeness (QED) is 0.852. The van der Waals surface area contributed by atoms with Gasteiger partial charge in [0.15, 0.2) is 0 Å². The van der Waals surface area contributed by atoms with E-state index in [1.54, 1.807) is 24.5 Å². The highest BCUT2D eigenvalue weighted by Gasteiger charge is 2.06. The fourth-order valence-corrected chi connectivity index (χ4v) is 2.25. The van der Waals surface area contributed by atoms with Crippen molar-refractivity contribution < 1.29 is 4.79 Å². The summed E-state index contributed by atoms with van der Waals surface area (Å²) in [6, 6.07) is 11.2. The summed E-state index contributed by atoms with van der Waals surface area (Å²) in [5, 5.41) is 3.47. The minimum atomic E-state index is -0.00183. The van der Waals surface area contributed by atoms with Crippen molar-refractivity contribution in [2.75, 3.05) is 25.5 Å². The van der Waals surface area contributed by atoms with Crippen molar-refractivity contribution in [3.05, 3.63) is 59.4 Å². The first-order chi connectivity index (χ1) is 10.6. The molecule has 1 heterocycles. The Hall–Kier alpha value is -1.91. The highest BCUT2D eigenvalue weighted by molar-refractivity contribution is 6.30. The predicted molar refractivity (Wildman–Crippen MR) is 90.1 cm³/mol. The molecule has 0 unspecified atom stereocenters. The lowest BCUT2D eigenvalue weighted by Crippen LogP contribution is -2.26. The second-order valence-corrected chi connectivity index (χ2v) is 5.65. The van der Waals surface area contributed by atoms with E-state index in [0.29, 0.717) is 11.4 Å². The van der Waals surface area contributed by atoms with Crippen LogP contribution in [-0.2, 0) is 11.2 Å². The lowest BCUT2D eigenvalue weighted by molar-refractivity contribution is -0.116. The summed E-state index contributed by atoms with van der Waals surface area (Å²) >= 11 is 5.89. The maximum Gasteiger partial charge on any atom is 0.225 e. The van der Waals surface area contributed by atoms with Crippen molar-refractivity contribution in [2.24, 2.45) is 0 Å². The minimum absolute atomic E-state index is 0.00183. The van der Waals surface area contributed by atoms with Crippen LogP contribution in [0, 0.1) is 0 Å². The fourth-order valence-electron chi connectivity index (χ4n) is 2.06. The SMILES string of the molecule is CN(CCC(=O)Nc1cccc(Cl)c1)CCc1ccncc1. The largest absolute Gasteiger partial charge is 0.326 e. The normalized spacial score (nSPS) is 10.7. The number of halogens is 1. The molecule has 0 bridgehead atoms. The van der Waals surface area contributed by atoms with Crippen LogP contribution in [0.1, 0.15) is 12.0 Å². The smallest absolute Gasteiger partial charge is 0.225 e. The predicted octanol–water partition coefficient (Wildman–Crippen LogP) is 3.24. The van der Waals surface area contributed by atoms with Crippen molar-refractivity contribution in [3.63, 3.8) is 0 Å². The molecule has 1 aromatic heterocycles. The van der Waals surface area contributed by atoms with Crippen LogP contribution in [0.5, 0.6) is 0 Å². The van der Waals surface area contributed by atoms with Crippen molar-refractivity contribution in [3.8, 4) is 0 Å². The minimum Gasteiger partial charge on any atom is -0.326 e. The summed E-state index contributed by atoms with van der Waals surface area (Å²) in [5.74, 6) is -0.00183. The van der Waals surface area contributed by atoms with Gasteiger partial charge in [-0.05, 0) is 49.4 Å². The van der Waals surface area contributed by atoms with E-state index in [4.69, 9.17) is 11.6 Å². The Morgan fingerprint density at radius 3 is 2.73 bits per heavy atom. The van der Waals surface area contributed by atoms with Crippen LogP contribution in [0.4, 0.5) is 5.69 Å². The highest BCUT2D eigenvalue weighted by atomic mass is 35.5. The van der Waals surface area contributed by atoms with Gasteiger partial charge in [-0.3, -0.25) is 9.78 Å². The molecule has 0 fully saturated rings. The monoisotopic (exact) mass is 317 g/mol. The van der Waals surface area contributed by atoms with Gasteiger partial charge in [0.2, 0.25) is 5.91 Å². The number of carbonyl (C=O) groups excluding carboxylic acids is 1. The summed E-state index contributed by atoms with van der Waals surface area (Å²) in [4.78, 5) is 18.1. The average Bonchev–Trinajstić information content (AvgIpc) is 2.52. The molecule has 0 spiro atoms. The zero-order valence-corrected chi connectivity index (χ0v) is 13.4. The molecule has 0 aliphatic heterocycles. The summed E-state index contributed by atoms with van der Waals surface area (Å²) in [7, 11) is 2.02. The third-order valence-corrected chi connectivity index (χ3v) is 3.60. The number of hydrogen-bond donors (Lipinski definition) is 1. The first-order valence-electron chi connectivity index (χ1n) is 7.26. The van der Waals surface area contributed by atoms with Crippen LogP contribution >= 0.6 is 11.6 Å². The molecule has 0 atom stereocenters. The molecule has 4 nitrogen and oxygen atoms in total. The molecule has 0 aliphatic rings. The maximum absolute atomic E-state index is 11.9. The van der Waals surface area contributed by atoms with E-state index >= 15 is 0 Å². The number of rotatable bonds is 7. The molecule has 0 saturated carbocycles. The Balaban J connectivity index is 1.69. The lowest BCUT2D eigenvalue weighted by atomic mass is 10.2. The zero-order valence-electron chi connectivity index (χ0n) is 12.6. The van der Waals surface area contributed by atoms with Gasteiger partial charge < -0.3 is 10.2 Å². The van der Waals surface area contributed by atoms with Gasteiger partial charge in [-0.1, -0.05) is 17.7 Å². The molecule has 0 radical (unpaired) electrons. The second-order valence-electron chi connectivity index (χ2n) is 5.22. The third-order valence-electron chi connectivity index (χ3n) is 3.36. The number of amides is 1. The van der Waals surface area contributed by atoms with Crippen LogP contribution in [0.25, 0.3) is 0 Å². The van der Waals surface area contributed by atoms with Crippen molar-refractivity contribution >= 4 is 23.2 Å².